The third-order valence-electron chi connectivity index (χ3n) is 9.81. The first kappa shape index (κ1) is 18.3. The molecule has 0 aliphatic heterocycles. The monoisotopic (exact) mass is 348 g/mol. The Morgan fingerprint density at radius 3 is 2.48 bits per heavy atom. The minimum atomic E-state index is -0.440. The molecule has 0 radical (unpaired) electrons. The van der Waals surface area contributed by atoms with E-state index in [1.54, 1.807) is 0 Å². The zero-order chi connectivity index (χ0) is 17.9. The van der Waals surface area contributed by atoms with E-state index in [1.807, 2.05) is 0 Å². The molecule has 0 saturated heterocycles. The van der Waals surface area contributed by atoms with Crippen molar-refractivity contribution in [2.75, 3.05) is 13.1 Å². The second-order valence-corrected chi connectivity index (χ2v) is 10.6. The van der Waals surface area contributed by atoms with Gasteiger partial charge in [0.25, 0.3) is 0 Å². The van der Waals surface area contributed by atoms with Crippen LogP contribution >= 0.6 is 0 Å². The first-order valence-corrected chi connectivity index (χ1v) is 11.0. The molecule has 8 atom stereocenters. The fourth-order valence-electron chi connectivity index (χ4n) is 7.97. The van der Waals surface area contributed by atoms with Crippen LogP contribution in [0.5, 0.6) is 0 Å². The van der Waals surface area contributed by atoms with E-state index in [2.05, 4.69) is 26.1 Å². The summed E-state index contributed by atoms with van der Waals surface area (Å²) in [5.41, 5.74) is 5.96. The Kier molecular flexibility index (Phi) is 4.53. The number of aliphatic hydroxyl groups is 1. The molecule has 0 aromatic carbocycles. The molecule has 0 amide bonds. The SMILES string of the molecule is C[C@]12CCC(NCCN)CC1CC[C@@H]1[C@@H]2CC[C@@]2(C)[C@H]1CC[C@]2(C)O. The summed E-state index contributed by atoms with van der Waals surface area (Å²) in [4.78, 5) is 0. The maximum absolute atomic E-state index is 11.0. The minimum Gasteiger partial charge on any atom is -0.390 e. The quantitative estimate of drug-likeness (QED) is 0.729. The third-order valence-corrected chi connectivity index (χ3v) is 9.81. The predicted molar refractivity (Wildman–Crippen MR) is 103 cm³/mol. The number of nitrogens with one attached hydrogen (secondary N) is 1. The largest absolute Gasteiger partial charge is 0.390 e. The Morgan fingerprint density at radius 2 is 1.72 bits per heavy atom. The number of hydrogen-bond acceptors (Lipinski definition) is 3. The normalized spacial score (nSPS) is 55.3. The van der Waals surface area contributed by atoms with Gasteiger partial charge in [0.1, 0.15) is 0 Å². The van der Waals surface area contributed by atoms with Gasteiger partial charge in [0, 0.05) is 19.1 Å². The second kappa shape index (κ2) is 6.21. The molecule has 0 heterocycles. The standard InChI is InChI=1S/C22H40N2O/c1-20-9-6-16(24-13-12-23)14-15(20)4-5-17-18(20)7-10-21(2)19(17)8-11-22(21,3)25/h15-19,24-25H,4-14,23H2,1-3H3/t15?,16?,17-,18+,19+,20+,21+,22+/m1/s1. The molecule has 4 fully saturated rings. The van der Waals surface area contributed by atoms with E-state index < -0.39 is 5.60 Å². The van der Waals surface area contributed by atoms with E-state index >= 15 is 0 Å². The third kappa shape index (κ3) is 2.63. The second-order valence-electron chi connectivity index (χ2n) is 10.6. The highest BCUT2D eigenvalue weighted by molar-refractivity contribution is 5.13. The molecule has 4 saturated carbocycles. The minimum absolute atomic E-state index is 0.164. The first-order valence-electron chi connectivity index (χ1n) is 11.0. The molecule has 4 aliphatic carbocycles. The van der Waals surface area contributed by atoms with Gasteiger partial charge in [-0.3, -0.25) is 0 Å². The van der Waals surface area contributed by atoms with Crippen molar-refractivity contribution >= 4 is 0 Å². The first-order chi connectivity index (χ1) is 11.8. The van der Waals surface area contributed by atoms with Crippen molar-refractivity contribution in [1.29, 1.82) is 0 Å². The Hall–Kier alpha value is -0.120. The van der Waals surface area contributed by atoms with Crippen molar-refractivity contribution in [1.82, 2.24) is 5.32 Å². The van der Waals surface area contributed by atoms with Crippen LogP contribution in [-0.2, 0) is 0 Å². The predicted octanol–water partition coefficient (Wildman–Crippen LogP) is 3.70. The van der Waals surface area contributed by atoms with E-state index in [0.717, 1.165) is 43.2 Å². The summed E-state index contributed by atoms with van der Waals surface area (Å²) in [6, 6.07) is 0.694. The highest BCUT2D eigenvalue weighted by Gasteiger charge is 2.63. The van der Waals surface area contributed by atoms with Gasteiger partial charge in [-0.2, -0.15) is 0 Å². The maximum Gasteiger partial charge on any atom is 0.0675 e. The average molecular weight is 349 g/mol. The van der Waals surface area contributed by atoms with Gasteiger partial charge >= 0.3 is 0 Å². The summed E-state index contributed by atoms with van der Waals surface area (Å²) in [7, 11) is 0. The molecular formula is C22H40N2O. The molecule has 4 N–H and O–H groups in total. The van der Waals surface area contributed by atoms with Crippen LogP contribution in [0.4, 0.5) is 0 Å². The van der Waals surface area contributed by atoms with E-state index in [-0.39, 0.29) is 5.41 Å². The average Bonchev–Trinajstić information content (AvgIpc) is 2.82. The summed E-state index contributed by atoms with van der Waals surface area (Å²) in [6.07, 6.45) is 11.8. The van der Waals surface area contributed by atoms with Crippen LogP contribution in [0.1, 0.15) is 78.6 Å². The van der Waals surface area contributed by atoms with E-state index in [9.17, 15) is 5.11 Å². The molecule has 4 rings (SSSR count). The molecule has 0 spiro atoms. The molecule has 0 bridgehead atoms. The Balaban J connectivity index is 1.52. The summed E-state index contributed by atoms with van der Waals surface area (Å²) >= 11 is 0. The fraction of sp³-hybridized carbons (Fsp3) is 1.00. The maximum atomic E-state index is 11.0. The molecule has 2 unspecified atom stereocenters. The molecule has 0 aromatic rings. The smallest absolute Gasteiger partial charge is 0.0675 e. The van der Waals surface area contributed by atoms with E-state index in [4.69, 9.17) is 5.73 Å². The van der Waals surface area contributed by atoms with Crippen molar-refractivity contribution in [2.24, 2.45) is 40.2 Å². The molecule has 0 aromatic heterocycles. The number of nitrogens with two attached hydrogens (primary N) is 1. The lowest BCUT2D eigenvalue weighted by Gasteiger charge is -2.61. The van der Waals surface area contributed by atoms with Crippen LogP contribution < -0.4 is 11.1 Å². The lowest BCUT2D eigenvalue weighted by Crippen LogP contribution is -2.57. The molecular weight excluding hydrogens is 308 g/mol. The molecule has 4 aliphatic rings. The fourth-order valence-corrected chi connectivity index (χ4v) is 7.97. The molecule has 3 heteroatoms. The molecule has 3 nitrogen and oxygen atoms in total. The number of hydrogen-bond donors (Lipinski definition) is 3. The van der Waals surface area contributed by atoms with Crippen molar-refractivity contribution in [3.8, 4) is 0 Å². The summed E-state index contributed by atoms with van der Waals surface area (Å²) < 4.78 is 0. The summed E-state index contributed by atoms with van der Waals surface area (Å²) in [6.45, 7) is 8.88. The zero-order valence-electron chi connectivity index (χ0n) is 16.7. The van der Waals surface area contributed by atoms with Gasteiger partial charge in [0.15, 0.2) is 0 Å². The van der Waals surface area contributed by atoms with Crippen LogP contribution in [0, 0.1) is 34.5 Å². The Labute approximate surface area is 154 Å². The Bertz CT molecular complexity index is 506. The van der Waals surface area contributed by atoms with Crippen LogP contribution in [0.25, 0.3) is 0 Å². The zero-order valence-corrected chi connectivity index (χ0v) is 16.7. The van der Waals surface area contributed by atoms with Crippen molar-refractivity contribution in [2.45, 2.75) is 90.2 Å². The van der Waals surface area contributed by atoms with Crippen molar-refractivity contribution < 1.29 is 5.11 Å². The lowest BCUT2D eigenvalue weighted by molar-refractivity contribution is -0.147. The Morgan fingerprint density at radius 1 is 0.960 bits per heavy atom. The highest BCUT2D eigenvalue weighted by Crippen LogP contribution is 2.68. The summed E-state index contributed by atoms with van der Waals surface area (Å²) in [5.74, 6) is 3.41. The molecule has 25 heavy (non-hydrogen) atoms. The van der Waals surface area contributed by atoms with Gasteiger partial charge in [-0.05, 0) is 99.2 Å². The van der Waals surface area contributed by atoms with Gasteiger partial charge in [0.2, 0.25) is 0 Å². The van der Waals surface area contributed by atoms with Crippen LogP contribution in [-0.4, -0.2) is 29.8 Å². The van der Waals surface area contributed by atoms with Gasteiger partial charge in [-0.25, -0.2) is 0 Å². The van der Waals surface area contributed by atoms with Gasteiger partial charge < -0.3 is 16.2 Å². The van der Waals surface area contributed by atoms with E-state index in [0.29, 0.717) is 11.5 Å². The summed E-state index contributed by atoms with van der Waals surface area (Å²) in [5, 5.41) is 14.7. The number of rotatable bonds is 3. The van der Waals surface area contributed by atoms with Crippen molar-refractivity contribution in [3.05, 3.63) is 0 Å². The molecule has 144 valence electrons. The lowest BCUT2D eigenvalue weighted by atomic mass is 9.44. The topological polar surface area (TPSA) is 58.3 Å². The van der Waals surface area contributed by atoms with Gasteiger partial charge in [-0.15, -0.1) is 0 Å². The number of fused-ring (bicyclic) bond motifs is 5. The van der Waals surface area contributed by atoms with Crippen LogP contribution in [0.3, 0.4) is 0 Å². The van der Waals surface area contributed by atoms with E-state index in [1.165, 1.54) is 51.4 Å². The van der Waals surface area contributed by atoms with Crippen LogP contribution in [0.2, 0.25) is 0 Å². The van der Waals surface area contributed by atoms with Gasteiger partial charge in [-0.1, -0.05) is 13.8 Å². The highest BCUT2D eigenvalue weighted by atomic mass is 16.3. The van der Waals surface area contributed by atoms with Crippen LogP contribution in [0.15, 0.2) is 0 Å². The van der Waals surface area contributed by atoms with Gasteiger partial charge in [0.05, 0.1) is 5.60 Å². The van der Waals surface area contributed by atoms with Crippen molar-refractivity contribution in [3.63, 3.8) is 0 Å².